The van der Waals surface area contributed by atoms with Crippen LogP contribution in [0.4, 0.5) is 0 Å². The van der Waals surface area contributed by atoms with Gasteiger partial charge in [-0.1, -0.05) is 54.6 Å². The summed E-state index contributed by atoms with van der Waals surface area (Å²) in [6.45, 7) is 2.58. The molecule has 1 aliphatic heterocycles. The van der Waals surface area contributed by atoms with Gasteiger partial charge in [0.1, 0.15) is 12.2 Å². The lowest BCUT2D eigenvalue weighted by atomic mass is 10.0. The monoisotopic (exact) mass is 426 g/mol. The lowest BCUT2D eigenvalue weighted by Gasteiger charge is -2.30. The Morgan fingerprint density at radius 1 is 0.935 bits per heavy atom. The van der Waals surface area contributed by atoms with Gasteiger partial charge in [-0.3, -0.25) is 9.88 Å². The number of benzene rings is 3. The molecule has 3 nitrogen and oxygen atoms in total. The van der Waals surface area contributed by atoms with E-state index in [0.29, 0.717) is 6.73 Å². The third-order valence-corrected chi connectivity index (χ3v) is 6.78. The highest BCUT2D eigenvalue weighted by molar-refractivity contribution is 7.98. The van der Waals surface area contributed by atoms with Crippen LogP contribution in [0.1, 0.15) is 23.1 Å². The van der Waals surface area contributed by atoms with Crippen molar-refractivity contribution in [1.29, 1.82) is 0 Å². The number of fused-ring (bicyclic) bond motifs is 3. The van der Waals surface area contributed by atoms with Crippen molar-refractivity contribution in [3.8, 4) is 5.75 Å². The fourth-order valence-electron chi connectivity index (χ4n) is 4.16. The summed E-state index contributed by atoms with van der Waals surface area (Å²) in [6, 6.07) is 27.8. The number of aromatic nitrogens is 1. The minimum absolute atomic E-state index is 0.631. The van der Waals surface area contributed by atoms with Crippen molar-refractivity contribution < 1.29 is 4.74 Å². The first-order valence-corrected chi connectivity index (χ1v) is 11.8. The molecule has 0 atom stereocenters. The SMILES string of the molecule is c1ccc(CCCN2COc3c(cc(CSc4ccccc4)c4cccnc34)C2)cc1. The zero-order chi connectivity index (χ0) is 20.9. The fraction of sp³-hybridized carbons (Fsp3) is 0.222. The Morgan fingerprint density at radius 2 is 1.74 bits per heavy atom. The van der Waals surface area contributed by atoms with Gasteiger partial charge in [0.15, 0.2) is 5.75 Å². The summed E-state index contributed by atoms with van der Waals surface area (Å²) in [5.74, 6) is 1.89. The second-order valence-electron chi connectivity index (χ2n) is 7.94. The van der Waals surface area contributed by atoms with Gasteiger partial charge in [-0.25, -0.2) is 0 Å². The van der Waals surface area contributed by atoms with E-state index < -0.39 is 0 Å². The first-order chi connectivity index (χ1) is 15.4. The van der Waals surface area contributed by atoms with Gasteiger partial charge in [0.25, 0.3) is 0 Å². The number of thioether (sulfide) groups is 1. The van der Waals surface area contributed by atoms with Crippen molar-refractivity contribution in [2.24, 2.45) is 0 Å². The molecule has 3 aromatic carbocycles. The van der Waals surface area contributed by atoms with Crippen LogP contribution in [0.3, 0.4) is 0 Å². The van der Waals surface area contributed by atoms with E-state index >= 15 is 0 Å². The quantitative estimate of drug-likeness (QED) is 0.323. The highest BCUT2D eigenvalue weighted by atomic mass is 32.2. The molecule has 0 radical (unpaired) electrons. The molecule has 4 heteroatoms. The number of hydrogen-bond donors (Lipinski definition) is 0. The number of aryl methyl sites for hydroxylation is 1. The molecule has 0 saturated heterocycles. The molecule has 0 spiro atoms. The van der Waals surface area contributed by atoms with Crippen LogP contribution in [0.5, 0.6) is 5.75 Å². The van der Waals surface area contributed by atoms with Crippen LogP contribution in [-0.4, -0.2) is 23.2 Å². The molecule has 4 aromatic rings. The minimum atomic E-state index is 0.631. The predicted molar refractivity (Wildman–Crippen MR) is 128 cm³/mol. The van der Waals surface area contributed by atoms with Gasteiger partial charge in [0.05, 0.1) is 0 Å². The standard InChI is InChI=1S/C27H26N2OS/c1-3-9-21(10-4-1)11-8-16-29-18-22-17-23(19-31-24-12-5-2-6-13-24)25-14-7-15-28-26(25)27(22)30-20-29/h1-7,9-10,12-15,17H,8,11,16,18-20H2. The zero-order valence-electron chi connectivity index (χ0n) is 17.5. The zero-order valence-corrected chi connectivity index (χ0v) is 18.4. The van der Waals surface area contributed by atoms with Crippen LogP contribution in [0.2, 0.25) is 0 Å². The Kier molecular flexibility index (Phi) is 6.19. The highest BCUT2D eigenvalue weighted by Crippen LogP contribution is 2.37. The van der Waals surface area contributed by atoms with E-state index in [1.54, 1.807) is 0 Å². The Balaban J connectivity index is 1.32. The van der Waals surface area contributed by atoms with Crippen LogP contribution in [0.25, 0.3) is 10.9 Å². The van der Waals surface area contributed by atoms with Crippen molar-refractivity contribution in [1.82, 2.24) is 9.88 Å². The van der Waals surface area contributed by atoms with Crippen molar-refractivity contribution in [2.45, 2.75) is 30.0 Å². The van der Waals surface area contributed by atoms with E-state index in [-0.39, 0.29) is 0 Å². The van der Waals surface area contributed by atoms with E-state index in [1.807, 2.05) is 24.0 Å². The summed E-state index contributed by atoms with van der Waals surface area (Å²) in [4.78, 5) is 8.37. The molecule has 2 heterocycles. The van der Waals surface area contributed by atoms with E-state index in [4.69, 9.17) is 4.74 Å². The van der Waals surface area contributed by atoms with Crippen LogP contribution >= 0.6 is 11.8 Å². The smallest absolute Gasteiger partial charge is 0.152 e. The number of ether oxygens (including phenoxy) is 1. The minimum Gasteiger partial charge on any atom is -0.475 e. The van der Waals surface area contributed by atoms with Gasteiger partial charge in [-0.2, -0.15) is 0 Å². The topological polar surface area (TPSA) is 25.4 Å². The number of hydrogen-bond acceptors (Lipinski definition) is 4. The molecule has 31 heavy (non-hydrogen) atoms. The molecule has 5 rings (SSSR count). The molecule has 0 N–H and O–H groups in total. The van der Waals surface area contributed by atoms with Gasteiger partial charge in [0, 0.05) is 40.9 Å². The second-order valence-corrected chi connectivity index (χ2v) is 8.99. The van der Waals surface area contributed by atoms with Crippen molar-refractivity contribution in [3.05, 3.63) is 102 Å². The molecule has 0 amide bonds. The molecule has 0 aliphatic carbocycles. The summed E-state index contributed by atoms with van der Waals surface area (Å²) in [7, 11) is 0. The normalized spacial score (nSPS) is 13.7. The van der Waals surface area contributed by atoms with E-state index in [2.05, 4.69) is 82.7 Å². The van der Waals surface area contributed by atoms with E-state index in [0.717, 1.165) is 43.0 Å². The summed E-state index contributed by atoms with van der Waals surface area (Å²) >= 11 is 1.87. The van der Waals surface area contributed by atoms with Crippen molar-refractivity contribution in [3.63, 3.8) is 0 Å². The van der Waals surface area contributed by atoms with Gasteiger partial charge in [-0.05, 0) is 48.2 Å². The first kappa shape index (κ1) is 20.1. The van der Waals surface area contributed by atoms with Gasteiger partial charge < -0.3 is 4.74 Å². The molecule has 0 fully saturated rings. The fourth-order valence-corrected chi connectivity index (χ4v) is 5.07. The summed E-state index contributed by atoms with van der Waals surface area (Å²) in [5.41, 5.74) is 4.97. The molecule has 0 bridgehead atoms. The van der Waals surface area contributed by atoms with Crippen LogP contribution < -0.4 is 4.74 Å². The summed E-state index contributed by atoms with van der Waals surface area (Å²) in [5, 5.41) is 1.20. The lowest BCUT2D eigenvalue weighted by Crippen LogP contribution is -2.33. The third-order valence-electron chi connectivity index (χ3n) is 5.71. The average Bonchev–Trinajstić information content (AvgIpc) is 2.84. The number of rotatable bonds is 7. The predicted octanol–water partition coefficient (Wildman–Crippen LogP) is 6.31. The lowest BCUT2D eigenvalue weighted by molar-refractivity contribution is 0.0958. The van der Waals surface area contributed by atoms with Crippen molar-refractivity contribution in [2.75, 3.05) is 13.3 Å². The Bertz CT molecular complexity index is 1150. The largest absolute Gasteiger partial charge is 0.475 e. The molecule has 1 aromatic heterocycles. The number of nitrogens with zero attached hydrogens (tertiary/aromatic N) is 2. The van der Waals surface area contributed by atoms with E-state index in [9.17, 15) is 0 Å². The maximum Gasteiger partial charge on any atom is 0.152 e. The Hall–Kier alpha value is -2.82. The van der Waals surface area contributed by atoms with Crippen LogP contribution in [-0.2, 0) is 18.7 Å². The molecule has 0 unspecified atom stereocenters. The van der Waals surface area contributed by atoms with Crippen LogP contribution in [0.15, 0.2) is 90.0 Å². The van der Waals surface area contributed by atoms with Gasteiger partial charge in [-0.15, -0.1) is 11.8 Å². The van der Waals surface area contributed by atoms with E-state index in [1.165, 1.54) is 27.0 Å². The maximum atomic E-state index is 6.23. The van der Waals surface area contributed by atoms with Gasteiger partial charge in [0.2, 0.25) is 0 Å². The molecular weight excluding hydrogens is 400 g/mol. The Labute approximate surface area is 188 Å². The van der Waals surface area contributed by atoms with Gasteiger partial charge >= 0.3 is 0 Å². The molecule has 1 aliphatic rings. The second kappa shape index (κ2) is 9.54. The third kappa shape index (κ3) is 4.76. The van der Waals surface area contributed by atoms with Crippen LogP contribution in [0, 0.1) is 0 Å². The first-order valence-electron chi connectivity index (χ1n) is 10.8. The molecule has 156 valence electrons. The molecule has 0 saturated carbocycles. The highest BCUT2D eigenvalue weighted by Gasteiger charge is 2.22. The average molecular weight is 427 g/mol. The summed E-state index contributed by atoms with van der Waals surface area (Å²) < 4.78 is 6.23. The Morgan fingerprint density at radius 3 is 2.58 bits per heavy atom. The summed E-state index contributed by atoms with van der Waals surface area (Å²) in [6.07, 6.45) is 4.10. The number of pyridine rings is 1. The van der Waals surface area contributed by atoms with Crippen molar-refractivity contribution >= 4 is 22.7 Å². The molecular formula is C27H26N2OS. The maximum absolute atomic E-state index is 6.23.